The third-order valence-electron chi connectivity index (χ3n) is 2.48. The molecule has 90 valence electrons. The summed E-state index contributed by atoms with van der Waals surface area (Å²) >= 11 is 0. The molecular weight excluding hydrogens is 208 g/mol. The Morgan fingerprint density at radius 1 is 1.29 bits per heavy atom. The average molecular weight is 228 g/mol. The van der Waals surface area contributed by atoms with Crippen LogP contribution in [0.15, 0.2) is 49.3 Å². The number of hydrogen-bond acceptors (Lipinski definition) is 2. The molecule has 0 amide bonds. The Hall–Kier alpha value is -1.83. The molecular formula is C15H20N2. The zero-order valence-electron chi connectivity index (χ0n) is 10.9. The molecule has 0 fully saturated rings. The van der Waals surface area contributed by atoms with Crippen molar-refractivity contribution in [3.05, 3.63) is 54.9 Å². The Kier molecular flexibility index (Phi) is 5.21. The number of hydrogen-bond donors (Lipinski definition) is 0. The highest BCUT2D eigenvalue weighted by Crippen LogP contribution is 2.25. The van der Waals surface area contributed by atoms with Gasteiger partial charge >= 0.3 is 0 Å². The van der Waals surface area contributed by atoms with Crippen LogP contribution >= 0.6 is 0 Å². The third kappa shape index (κ3) is 3.31. The number of likely N-dealkylation sites (N-methyl/N-ethyl adjacent to an activating group) is 1. The van der Waals surface area contributed by atoms with Gasteiger partial charge in [0, 0.05) is 37.2 Å². The quantitative estimate of drug-likeness (QED) is 0.673. The van der Waals surface area contributed by atoms with Crippen molar-refractivity contribution in [2.24, 2.45) is 0 Å². The van der Waals surface area contributed by atoms with Gasteiger partial charge in [0.15, 0.2) is 0 Å². The van der Waals surface area contributed by atoms with Gasteiger partial charge in [-0.25, -0.2) is 0 Å². The molecule has 17 heavy (non-hydrogen) atoms. The van der Waals surface area contributed by atoms with Crippen LogP contribution in [-0.2, 0) is 0 Å². The van der Waals surface area contributed by atoms with Crippen LogP contribution in [0.25, 0.3) is 5.57 Å². The topological polar surface area (TPSA) is 16.1 Å². The number of anilines is 1. The zero-order valence-corrected chi connectivity index (χ0v) is 10.9. The minimum atomic E-state index is 0.897. The maximum absolute atomic E-state index is 4.14. The van der Waals surface area contributed by atoms with Crippen molar-refractivity contribution in [1.29, 1.82) is 0 Å². The van der Waals surface area contributed by atoms with Gasteiger partial charge < -0.3 is 4.90 Å². The van der Waals surface area contributed by atoms with Crippen molar-refractivity contribution in [3.8, 4) is 0 Å². The number of pyridine rings is 1. The fourth-order valence-corrected chi connectivity index (χ4v) is 1.62. The Bertz CT molecular complexity index is 430. The summed E-state index contributed by atoms with van der Waals surface area (Å²) in [4.78, 5) is 6.33. The van der Waals surface area contributed by atoms with Crippen molar-refractivity contribution in [2.45, 2.75) is 13.8 Å². The lowest BCUT2D eigenvalue weighted by atomic mass is 10.1. The summed E-state index contributed by atoms with van der Waals surface area (Å²) in [5.74, 6) is 0. The molecule has 0 N–H and O–H groups in total. The maximum atomic E-state index is 4.14. The van der Waals surface area contributed by atoms with Crippen LogP contribution in [0.4, 0.5) is 5.69 Å². The second-order valence-electron chi connectivity index (χ2n) is 3.59. The smallest absolute Gasteiger partial charge is 0.0476 e. The van der Waals surface area contributed by atoms with E-state index in [4.69, 9.17) is 0 Å². The number of aromatic nitrogens is 1. The van der Waals surface area contributed by atoms with Crippen LogP contribution in [0.3, 0.4) is 0 Å². The highest BCUT2D eigenvalue weighted by molar-refractivity contribution is 5.80. The van der Waals surface area contributed by atoms with E-state index < -0.39 is 0 Å². The molecule has 0 unspecified atom stereocenters. The lowest BCUT2D eigenvalue weighted by Gasteiger charge is -2.20. The molecule has 2 rings (SSSR count). The summed E-state index contributed by atoms with van der Waals surface area (Å²) in [7, 11) is 2.07. The molecule has 0 spiro atoms. The van der Waals surface area contributed by atoms with Gasteiger partial charge in [-0.2, -0.15) is 0 Å². The number of nitrogens with zero attached hydrogens (tertiary/aromatic N) is 2. The SMILES string of the molecule is C=C1/C=C\C=C/CN(C)c2ccncc21.CC. The lowest BCUT2D eigenvalue weighted by Crippen LogP contribution is -2.18. The number of fused-ring (bicyclic) bond motifs is 1. The molecule has 1 aromatic heterocycles. The summed E-state index contributed by atoms with van der Waals surface area (Å²) in [6, 6.07) is 2.02. The van der Waals surface area contributed by atoms with Crippen LogP contribution < -0.4 is 4.90 Å². The lowest BCUT2D eigenvalue weighted by molar-refractivity contribution is 1.02. The standard InChI is InChI=1S/C13H14N2.C2H6/c1-11-6-4-3-5-9-15(2)13-7-8-14-10-12(11)13;1-2/h3-8,10H,1,9H2,2H3;1-2H3/b5-3-,6-4-;. The largest absolute Gasteiger partial charge is 0.370 e. The minimum Gasteiger partial charge on any atom is -0.370 e. The van der Waals surface area contributed by atoms with E-state index in [-0.39, 0.29) is 0 Å². The molecule has 2 nitrogen and oxygen atoms in total. The molecule has 0 aliphatic carbocycles. The van der Waals surface area contributed by atoms with E-state index in [1.165, 1.54) is 5.69 Å². The van der Waals surface area contributed by atoms with Crippen molar-refractivity contribution in [1.82, 2.24) is 4.98 Å². The van der Waals surface area contributed by atoms with Gasteiger partial charge in [-0.05, 0) is 11.6 Å². The first-order chi connectivity index (χ1) is 8.29. The van der Waals surface area contributed by atoms with Crippen molar-refractivity contribution in [2.75, 3.05) is 18.5 Å². The molecule has 0 aromatic carbocycles. The van der Waals surface area contributed by atoms with Crippen LogP contribution in [0.5, 0.6) is 0 Å². The Morgan fingerprint density at radius 3 is 2.82 bits per heavy atom. The Labute approximate surface area is 104 Å². The van der Waals surface area contributed by atoms with Crippen molar-refractivity contribution >= 4 is 11.3 Å². The summed E-state index contributed by atoms with van der Waals surface area (Å²) in [6.45, 7) is 8.94. The highest BCUT2D eigenvalue weighted by atomic mass is 15.1. The van der Waals surface area contributed by atoms with Gasteiger partial charge in [0.05, 0.1) is 0 Å². The molecule has 1 aromatic rings. The molecule has 0 radical (unpaired) electrons. The second-order valence-corrected chi connectivity index (χ2v) is 3.59. The summed E-state index contributed by atoms with van der Waals surface area (Å²) in [5.41, 5.74) is 3.27. The van der Waals surface area contributed by atoms with Gasteiger partial charge in [0.25, 0.3) is 0 Å². The van der Waals surface area contributed by atoms with E-state index in [1.54, 1.807) is 0 Å². The van der Waals surface area contributed by atoms with Crippen LogP contribution in [-0.4, -0.2) is 18.6 Å². The summed E-state index contributed by atoms with van der Waals surface area (Å²) in [5, 5.41) is 0. The first-order valence-electron chi connectivity index (χ1n) is 5.96. The predicted octanol–water partition coefficient (Wildman–Crippen LogP) is 3.68. The van der Waals surface area contributed by atoms with E-state index in [0.29, 0.717) is 0 Å². The van der Waals surface area contributed by atoms with Gasteiger partial charge in [-0.3, -0.25) is 4.98 Å². The van der Waals surface area contributed by atoms with Crippen molar-refractivity contribution < 1.29 is 0 Å². The fourth-order valence-electron chi connectivity index (χ4n) is 1.62. The molecule has 0 atom stereocenters. The van der Waals surface area contributed by atoms with Crippen LogP contribution in [0, 0.1) is 0 Å². The highest BCUT2D eigenvalue weighted by Gasteiger charge is 2.08. The van der Waals surface area contributed by atoms with Crippen molar-refractivity contribution in [3.63, 3.8) is 0 Å². The van der Waals surface area contributed by atoms with E-state index in [2.05, 4.69) is 29.6 Å². The third-order valence-corrected chi connectivity index (χ3v) is 2.48. The second kappa shape index (κ2) is 6.69. The zero-order chi connectivity index (χ0) is 12.7. The molecule has 0 saturated heterocycles. The molecule has 2 heteroatoms. The van der Waals surface area contributed by atoms with E-state index in [1.807, 2.05) is 50.5 Å². The Balaban J connectivity index is 0.000000686. The van der Waals surface area contributed by atoms with Gasteiger partial charge in [0.2, 0.25) is 0 Å². The molecule has 1 aliphatic heterocycles. The minimum absolute atomic E-state index is 0.897. The molecule has 0 saturated carbocycles. The average Bonchev–Trinajstić information content (AvgIpc) is 2.45. The van der Waals surface area contributed by atoms with E-state index >= 15 is 0 Å². The van der Waals surface area contributed by atoms with E-state index in [9.17, 15) is 0 Å². The first kappa shape index (κ1) is 13.2. The van der Waals surface area contributed by atoms with Crippen LogP contribution in [0.2, 0.25) is 0 Å². The Morgan fingerprint density at radius 2 is 2.06 bits per heavy atom. The number of allylic oxidation sites excluding steroid dienone is 4. The molecule has 0 bridgehead atoms. The molecule has 1 aliphatic rings. The normalized spacial score (nSPS) is 17.8. The number of rotatable bonds is 0. The predicted molar refractivity (Wildman–Crippen MR) is 76.2 cm³/mol. The summed E-state index contributed by atoms with van der Waals surface area (Å²) < 4.78 is 0. The monoisotopic (exact) mass is 228 g/mol. The molecule has 2 heterocycles. The maximum Gasteiger partial charge on any atom is 0.0476 e. The fraction of sp³-hybridized carbons (Fsp3) is 0.267. The van der Waals surface area contributed by atoms with Gasteiger partial charge in [-0.15, -0.1) is 0 Å². The van der Waals surface area contributed by atoms with E-state index in [0.717, 1.165) is 17.7 Å². The van der Waals surface area contributed by atoms with Gasteiger partial charge in [0.1, 0.15) is 0 Å². The summed E-state index contributed by atoms with van der Waals surface area (Å²) in [6.07, 6.45) is 11.9. The van der Waals surface area contributed by atoms with Crippen LogP contribution in [0.1, 0.15) is 19.4 Å². The van der Waals surface area contributed by atoms with Gasteiger partial charge in [-0.1, -0.05) is 44.7 Å². The first-order valence-corrected chi connectivity index (χ1v) is 5.96.